The topological polar surface area (TPSA) is 112 Å². The summed E-state index contributed by atoms with van der Waals surface area (Å²) in [6, 6.07) is 8.91. The summed E-state index contributed by atoms with van der Waals surface area (Å²) >= 11 is 2.88. The van der Waals surface area contributed by atoms with Crippen LogP contribution in [0.25, 0.3) is 0 Å². The van der Waals surface area contributed by atoms with Crippen LogP contribution in [0.5, 0.6) is 0 Å². The van der Waals surface area contributed by atoms with Crippen molar-refractivity contribution in [3.05, 3.63) is 63.0 Å². The normalized spacial score (nSPS) is 13.8. The van der Waals surface area contributed by atoms with Crippen molar-refractivity contribution in [1.82, 2.24) is 9.80 Å². The zero-order valence-corrected chi connectivity index (χ0v) is 25.2. The van der Waals surface area contributed by atoms with E-state index in [0.29, 0.717) is 30.0 Å². The fourth-order valence-corrected chi connectivity index (χ4v) is 5.48. The lowest BCUT2D eigenvalue weighted by Crippen LogP contribution is -2.40. The Morgan fingerprint density at radius 3 is 2.32 bits per heavy atom. The Labute approximate surface area is 248 Å². The van der Waals surface area contributed by atoms with Gasteiger partial charge in [0, 0.05) is 54.4 Å². The highest BCUT2D eigenvalue weighted by molar-refractivity contribution is 7.09. The van der Waals surface area contributed by atoms with E-state index in [4.69, 9.17) is 9.47 Å². The van der Waals surface area contributed by atoms with Crippen LogP contribution in [0.15, 0.2) is 51.9 Å². The second kappa shape index (κ2) is 14.4. The summed E-state index contributed by atoms with van der Waals surface area (Å²) in [5.74, 6) is -0.306. The molecule has 0 spiro atoms. The zero-order chi connectivity index (χ0) is 29.2. The Morgan fingerprint density at radius 2 is 1.66 bits per heavy atom. The van der Waals surface area contributed by atoms with Crippen molar-refractivity contribution in [3.8, 4) is 0 Å². The number of amides is 4. The van der Waals surface area contributed by atoms with Gasteiger partial charge in [0.2, 0.25) is 0 Å². The summed E-state index contributed by atoms with van der Waals surface area (Å²) in [6.45, 7) is 10.6. The number of carbonyl (C=O) groups excluding carboxylic acids is 3. The predicted octanol–water partition coefficient (Wildman–Crippen LogP) is 6.17. The van der Waals surface area contributed by atoms with Gasteiger partial charge < -0.3 is 25.0 Å². The quantitative estimate of drug-likeness (QED) is 0.257. The maximum atomic E-state index is 13.1. The lowest BCUT2D eigenvalue weighted by Gasteiger charge is -2.28. The first kappa shape index (κ1) is 30.5. The Morgan fingerprint density at radius 1 is 0.951 bits per heavy atom. The second-order valence-electron chi connectivity index (χ2n) is 10.6. The van der Waals surface area contributed by atoms with E-state index in [9.17, 15) is 14.4 Å². The maximum absolute atomic E-state index is 13.1. The van der Waals surface area contributed by atoms with Gasteiger partial charge in [0.15, 0.2) is 0 Å². The number of hydrogen-bond acceptors (Lipinski definition) is 8. The van der Waals surface area contributed by atoms with Crippen LogP contribution in [0, 0.1) is 0 Å². The third-order valence-corrected chi connectivity index (χ3v) is 7.63. The number of thiophene rings is 2. The van der Waals surface area contributed by atoms with Gasteiger partial charge in [-0.2, -0.15) is 11.3 Å². The van der Waals surface area contributed by atoms with Crippen molar-refractivity contribution in [2.45, 2.75) is 39.3 Å². The maximum Gasteiger partial charge on any atom is 0.412 e. The number of morpholine rings is 1. The van der Waals surface area contributed by atoms with Gasteiger partial charge in [0.25, 0.3) is 5.91 Å². The van der Waals surface area contributed by atoms with Gasteiger partial charge in [0.1, 0.15) is 5.60 Å². The molecule has 3 heterocycles. The number of nitrogens with one attached hydrogen (secondary N) is 3. The van der Waals surface area contributed by atoms with E-state index < -0.39 is 11.7 Å². The lowest BCUT2D eigenvalue weighted by atomic mass is 10.1. The Hall–Kier alpha value is -3.45. The van der Waals surface area contributed by atoms with E-state index >= 15 is 0 Å². The molecule has 0 unspecified atom stereocenters. The van der Waals surface area contributed by atoms with Gasteiger partial charge in [-0.1, -0.05) is 12.1 Å². The van der Waals surface area contributed by atoms with Gasteiger partial charge in [-0.05, 0) is 56.3 Å². The Bertz CT molecular complexity index is 1280. The molecule has 1 fully saturated rings. The third kappa shape index (κ3) is 9.85. The van der Waals surface area contributed by atoms with Crippen LogP contribution in [-0.2, 0) is 16.0 Å². The number of urea groups is 1. The highest BCUT2D eigenvalue weighted by Gasteiger charge is 2.19. The summed E-state index contributed by atoms with van der Waals surface area (Å²) in [5.41, 5.74) is 2.49. The van der Waals surface area contributed by atoms with Crippen LogP contribution in [-0.4, -0.2) is 72.8 Å². The van der Waals surface area contributed by atoms with E-state index in [1.54, 1.807) is 48.6 Å². The van der Waals surface area contributed by atoms with E-state index in [2.05, 4.69) is 20.9 Å². The molecule has 41 heavy (non-hydrogen) atoms. The molecule has 12 heteroatoms. The number of nitrogens with zero attached hydrogens (tertiary/aromatic N) is 2. The number of ether oxygens (including phenoxy) is 2. The molecule has 0 aliphatic carbocycles. The van der Waals surface area contributed by atoms with E-state index in [0.717, 1.165) is 50.5 Å². The molecule has 0 bridgehead atoms. The van der Waals surface area contributed by atoms with Crippen molar-refractivity contribution < 1.29 is 23.9 Å². The number of anilines is 3. The van der Waals surface area contributed by atoms with E-state index in [1.165, 1.54) is 22.7 Å². The third-order valence-electron chi connectivity index (χ3n) is 6.20. The molecule has 4 amide bonds. The minimum atomic E-state index is -0.631. The number of rotatable bonds is 10. The van der Waals surface area contributed by atoms with Crippen molar-refractivity contribution in [2.24, 2.45) is 0 Å². The number of hydrogen-bond donors (Lipinski definition) is 3. The molecule has 10 nitrogen and oxygen atoms in total. The van der Waals surface area contributed by atoms with Crippen molar-refractivity contribution in [2.75, 3.05) is 55.3 Å². The highest BCUT2D eigenvalue weighted by atomic mass is 32.1. The first-order chi connectivity index (χ1) is 19.7. The highest BCUT2D eigenvalue weighted by Crippen LogP contribution is 2.28. The average molecular weight is 600 g/mol. The fourth-order valence-electron chi connectivity index (χ4n) is 4.18. The second-order valence-corrected chi connectivity index (χ2v) is 12.2. The first-order valence-electron chi connectivity index (χ1n) is 13.5. The Kier molecular flexibility index (Phi) is 10.7. The van der Waals surface area contributed by atoms with Crippen LogP contribution in [0.3, 0.4) is 0 Å². The van der Waals surface area contributed by atoms with Crippen molar-refractivity contribution in [3.63, 3.8) is 0 Å². The molecule has 0 saturated carbocycles. The standard InChI is InChI=1S/C29H37N5O5S2/c1-29(2,3)39-28(37)32-25-20-41-19-24(25)31-26(35)22-7-5-21(6-8-22)17-34(27(36)30-23-9-16-40-18-23)11-4-10-33-12-14-38-15-13-33/h5-9,16,18-20H,4,10-15,17H2,1-3H3,(H,30,36)(H,31,35)(H,32,37). The van der Waals surface area contributed by atoms with Gasteiger partial charge in [0.05, 0.1) is 30.3 Å². The van der Waals surface area contributed by atoms with E-state index in [1.807, 2.05) is 29.0 Å². The lowest BCUT2D eigenvalue weighted by molar-refractivity contribution is 0.0365. The largest absolute Gasteiger partial charge is 0.444 e. The SMILES string of the molecule is CC(C)(C)OC(=O)Nc1cscc1NC(=O)c1ccc(CN(CCCN2CCOCC2)C(=O)Nc2ccsc2)cc1. The average Bonchev–Trinajstić information content (AvgIpc) is 3.60. The Balaban J connectivity index is 1.35. The minimum Gasteiger partial charge on any atom is -0.444 e. The fraction of sp³-hybridized carbons (Fsp3) is 0.414. The van der Waals surface area contributed by atoms with Crippen LogP contribution < -0.4 is 16.0 Å². The molecule has 220 valence electrons. The van der Waals surface area contributed by atoms with Gasteiger partial charge >= 0.3 is 12.1 Å². The molecule has 1 saturated heterocycles. The molecular formula is C29H37N5O5S2. The minimum absolute atomic E-state index is 0.158. The molecule has 4 rings (SSSR count). The molecule has 3 aromatic rings. The predicted molar refractivity (Wildman–Crippen MR) is 164 cm³/mol. The number of carbonyl (C=O) groups is 3. The van der Waals surface area contributed by atoms with Gasteiger partial charge in [-0.15, -0.1) is 11.3 Å². The summed E-state index contributed by atoms with van der Waals surface area (Å²) < 4.78 is 10.7. The first-order valence-corrected chi connectivity index (χ1v) is 15.4. The summed E-state index contributed by atoms with van der Waals surface area (Å²) in [6.07, 6.45) is 0.256. The van der Waals surface area contributed by atoms with E-state index in [-0.39, 0.29) is 11.9 Å². The molecule has 1 aliphatic rings. The summed E-state index contributed by atoms with van der Waals surface area (Å²) in [4.78, 5) is 42.4. The van der Waals surface area contributed by atoms with Gasteiger partial charge in [-0.3, -0.25) is 15.0 Å². The number of benzene rings is 1. The molecular weight excluding hydrogens is 562 g/mol. The summed E-state index contributed by atoms with van der Waals surface area (Å²) in [5, 5.41) is 15.8. The van der Waals surface area contributed by atoms with Crippen LogP contribution in [0.1, 0.15) is 43.1 Å². The molecule has 0 radical (unpaired) electrons. The molecule has 1 aliphatic heterocycles. The van der Waals surface area contributed by atoms with Gasteiger partial charge in [-0.25, -0.2) is 9.59 Å². The molecule has 1 aromatic carbocycles. The monoisotopic (exact) mass is 599 g/mol. The van der Waals surface area contributed by atoms with Crippen LogP contribution >= 0.6 is 22.7 Å². The molecule has 3 N–H and O–H groups in total. The molecule has 2 aromatic heterocycles. The smallest absolute Gasteiger partial charge is 0.412 e. The zero-order valence-electron chi connectivity index (χ0n) is 23.6. The van der Waals surface area contributed by atoms with Crippen LogP contribution in [0.4, 0.5) is 26.7 Å². The van der Waals surface area contributed by atoms with Crippen molar-refractivity contribution >= 4 is 57.8 Å². The van der Waals surface area contributed by atoms with Crippen molar-refractivity contribution in [1.29, 1.82) is 0 Å². The van der Waals surface area contributed by atoms with Crippen LogP contribution in [0.2, 0.25) is 0 Å². The molecule has 0 atom stereocenters. The summed E-state index contributed by atoms with van der Waals surface area (Å²) in [7, 11) is 0.